The second-order valence-corrected chi connectivity index (χ2v) is 6.97. The summed E-state index contributed by atoms with van der Waals surface area (Å²) in [7, 11) is 0. The number of thiocarbonyl (C=S) groups is 1. The van der Waals surface area contributed by atoms with E-state index in [0.717, 1.165) is 40.6 Å². The maximum atomic E-state index is 12.6. The molecular weight excluding hydrogens is 366 g/mol. The summed E-state index contributed by atoms with van der Waals surface area (Å²) in [5.41, 5.74) is 11.7. The van der Waals surface area contributed by atoms with E-state index >= 15 is 0 Å². The van der Waals surface area contributed by atoms with Crippen molar-refractivity contribution >= 4 is 45.8 Å². The molecule has 5 heteroatoms. The highest BCUT2D eigenvalue weighted by Gasteiger charge is 2.13. The molecule has 0 saturated heterocycles. The molecule has 0 fully saturated rings. The summed E-state index contributed by atoms with van der Waals surface area (Å²) in [6, 6.07) is 21.0. The fraction of sp³-hybridized carbons (Fsp3) is 0.0870. The van der Waals surface area contributed by atoms with E-state index in [2.05, 4.69) is 10.3 Å². The number of nitrogens with zero attached hydrogens (tertiary/aromatic N) is 1. The number of fused-ring (bicyclic) bond motifs is 3. The molecule has 1 amide bonds. The van der Waals surface area contributed by atoms with Gasteiger partial charge in [0.05, 0.1) is 16.9 Å². The van der Waals surface area contributed by atoms with Gasteiger partial charge in [0.25, 0.3) is 5.91 Å². The van der Waals surface area contributed by atoms with E-state index in [-0.39, 0.29) is 5.91 Å². The minimum atomic E-state index is -0.156. The third kappa shape index (κ3) is 3.57. The van der Waals surface area contributed by atoms with Crippen molar-refractivity contribution in [3.05, 3.63) is 77.9 Å². The highest BCUT2D eigenvalue weighted by molar-refractivity contribution is 7.78. The van der Waals surface area contributed by atoms with Crippen molar-refractivity contribution in [2.45, 2.75) is 12.8 Å². The van der Waals surface area contributed by atoms with Crippen molar-refractivity contribution in [1.29, 1.82) is 0 Å². The smallest absolute Gasteiger partial charge is 0.255 e. The quantitative estimate of drug-likeness (QED) is 0.370. The number of benzene rings is 2. The molecule has 2 aliphatic rings. The number of nitrogen functional groups attached to an aromatic ring is 1. The molecule has 0 atom stereocenters. The maximum absolute atomic E-state index is 12.6. The molecule has 0 aromatic heterocycles. The zero-order valence-electron chi connectivity index (χ0n) is 15.2. The molecule has 1 aliphatic carbocycles. The van der Waals surface area contributed by atoms with Gasteiger partial charge < -0.3 is 11.1 Å². The highest BCUT2D eigenvalue weighted by atomic mass is 32.1. The lowest BCUT2D eigenvalue weighted by Gasteiger charge is -2.05. The molecule has 3 N–H and O–H groups in total. The second kappa shape index (κ2) is 7.74. The Bertz CT molecular complexity index is 1140. The van der Waals surface area contributed by atoms with Gasteiger partial charge in [-0.2, -0.15) is 0 Å². The summed E-state index contributed by atoms with van der Waals surface area (Å²) in [5, 5.41) is 5.70. The Balaban J connectivity index is 1.59. The Kier molecular flexibility index (Phi) is 5.00. The van der Waals surface area contributed by atoms with E-state index in [4.69, 9.17) is 18.0 Å². The first-order chi connectivity index (χ1) is 13.7. The molecule has 28 heavy (non-hydrogen) atoms. The first kappa shape index (κ1) is 18.1. The van der Waals surface area contributed by atoms with Crippen LogP contribution in [0.5, 0.6) is 0 Å². The van der Waals surface area contributed by atoms with Gasteiger partial charge in [0.15, 0.2) is 0 Å². The second-order valence-electron chi connectivity index (χ2n) is 6.64. The van der Waals surface area contributed by atoms with Crippen LogP contribution in [0.2, 0.25) is 0 Å². The average Bonchev–Trinajstić information content (AvgIpc) is 2.93. The number of rotatable bonds is 5. The molecule has 1 aliphatic heterocycles. The molecule has 2 aromatic carbocycles. The molecule has 1 heterocycles. The number of amides is 1. The normalized spacial score (nSPS) is 10.9. The minimum absolute atomic E-state index is 0.156. The van der Waals surface area contributed by atoms with Crippen molar-refractivity contribution in [3.63, 3.8) is 0 Å². The molecule has 0 saturated carbocycles. The van der Waals surface area contributed by atoms with Gasteiger partial charge in [0.1, 0.15) is 0 Å². The Morgan fingerprint density at radius 2 is 1.86 bits per heavy atom. The number of hydrogen-bond donors (Lipinski definition) is 2. The van der Waals surface area contributed by atoms with E-state index in [1.54, 1.807) is 5.37 Å². The lowest BCUT2D eigenvalue weighted by Crippen LogP contribution is -2.11. The van der Waals surface area contributed by atoms with Crippen LogP contribution in [0.1, 0.15) is 22.3 Å². The van der Waals surface area contributed by atoms with Crippen LogP contribution >= 0.6 is 12.2 Å². The van der Waals surface area contributed by atoms with Crippen LogP contribution in [-0.2, 0) is 6.42 Å². The molecule has 4 rings (SSSR count). The SMILES string of the molecule is Nc1cccc2c3cccc(NC(=O)c4ccc(CCC=S)cc4)cc-3nc12. The molecule has 0 radical (unpaired) electrons. The van der Waals surface area contributed by atoms with Crippen LogP contribution in [0.3, 0.4) is 0 Å². The molecular formula is C23H19N3OS. The number of aromatic nitrogens is 1. The van der Waals surface area contributed by atoms with Crippen LogP contribution in [-0.4, -0.2) is 16.3 Å². The topological polar surface area (TPSA) is 68.0 Å². The number of nitrogens with two attached hydrogens (primary N) is 1. The molecule has 2 aromatic rings. The Labute approximate surface area is 168 Å². The lowest BCUT2D eigenvalue weighted by molar-refractivity contribution is 0.102. The van der Waals surface area contributed by atoms with Gasteiger partial charge in [-0.1, -0.05) is 48.6 Å². The van der Waals surface area contributed by atoms with E-state index in [9.17, 15) is 4.79 Å². The van der Waals surface area contributed by atoms with Gasteiger partial charge >= 0.3 is 0 Å². The molecule has 0 spiro atoms. The zero-order chi connectivity index (χ0) is 19.5. The Morgan fingerprint density at radius 1 is 1.07 bits per heavy atom. The molecule has 0 bridgehead atoms. The number of nitrogens with one attached hydrogen (secondary N) is 1. The zero-order valence-corrected chi connectivity index (χ0v) is 16.0. The molecule has 138 valence electrons. The van der Waals surface area contributed by atoms with Crippen molar-refractivity contribution < 1.29 is 4.79 Å². The third-order valence-electron chi connectivity index (χ3n) is 4.72. The van der Waals surface area contributed by atoms with Crippen LogP contribution in [0.4, 0.5) is 11.4 Å². The van der Waals surface area contributed by atoms with Crippen LogP contribution in [0.15, 0.2) is 66.7 Å². The third-order valence-corrected chi connectivity index (χ3v) is 4.96. The highest BCUT2D eigenvalue weighted by Crippen LogP contribution is 2.34. The largest absolute Gasteiger partial charge is 0.397 e. The number of carbonyl (C=O) groups excluding carboxylic acids is 1. The van der Waals surface area contributed by atoms with Crippen molar-refractivity contribution in [3.8, 4) is 11.3 Å². The first-order valence-electron chi connectivity index (χ1n) is 9.07. The van der Waals surface area contributed by atoms with Gasteiger partial charge in [0.2, 0.25) is 0 Å². The van der Waals surface area contributed by atoms with Gasteiger partial charge in [-0.05, 0) is 54.1 Å². The van der Waals surface area contributed by atoms with E-state index in [1.807, 2.05) is 66.7 Å². The molecule has 4 nitrogen and oxygen atoms in total. The summed E-state index contributed by atoms with van der Waals surface area (Å²) >= 11 is 4.86. The summed E-state index contributed by atoms with van der Waals surface area (Å²) in [6.07, 6.45) is 1.74. The Hall–Kier alpha value is -3.31. The predicted octanol–water partition coefficient (Wildman–Crippen LogP) is 5.11. The van der Waals surface area contributed by atoms with Gasteiger partial charge in [-0.15, -0.1) is 0 Å². The molecule has 0 unspecified atom stereocenters. The Morgan fingerprint density at radius 3 is 2.64 bits per heavy atom. The summed E-state index contributed by atoms with van der Waals surface area (Å²) in [6.45, 7) is 0. The number of anilines is 2. The number of hydrogen-bond acceptors (Lipinski definition) is 4. The van der Waals surface area contributed by atoms with E-state index in [1.165, 1.54) is 0 Å². The van der Waals surface area contributed by atoms with E-state index in [0.29, 0.717) is 16.9 Å². The van der Waals surface area contributed by atoms with Crippen LogP contribution < -0.4 is 11.1 Å². The van der Waals surface area contributed by atoms with Crippen LogP contribution in [0, 0.1) is 0 Å². The number of aryl methyl sites for hydroxylation is 1. The fourth-order valence-corrected chi connectivity index (χ4v) is 3.40. The first-order valence-corrected chi connectivity index (χ1v) is 9.55. The fourth-order valence-electron chi connectivity index (χ4n) is 3.28. The predicted molar refractivity (Wildman–Crippen MR) is 119 cm³/mol. The van der Waals surface area contributed by atoms with Gasteiger partial charge in [-0.25, -0.2) is 4.98 Å². The van der Waals surface area contributed by atoms with E-state index < -0.39 is 0 Å². The van der Waals surface area contributed by atoms with Gasteiger partial charge in [-0.3, -0.25) is 4.79 Å². The summed E-state index contributed by atoms with van der Waals surface area (Å²) < 4.78 is 0. The summed E-state index contributed by atoms with van der Waals surface area (Å²) in [4.78, 5) is 17.3. The lowest BCUT2D eigenvalue weighted by atomic mass is 10.1. The monoisotopic (exact) mass is 385 g/mol. The average molecular weight is 385 g/mol. The van der Waals surface area contributed by atoms with Crippen molar-refractivity contribution in [2.75, 3.05) is 11.1 Å². The van der Waals surface area contributed by atoms with Crippen molar-refractivity contribution in [2.24, 2.45) is 0 Å². The summed E-state index contributed by atoms with van der Waals surface area (Å²) in [5.74, 6) is -0.156. The van der Waals surface area contributed by atoms with Crippen molar-refractivity contribution in [1.82, 2.24) is 4.98 Å². The van der Waals surface area contributed by atoms with Gasteiger partial charge in [0, 0.05) is 22.2 Å². The maximum Gasteiger partial charge on any atom is 0.255 e. The van der Waals surface area contributed by atoms with Crippen LogP contribution in [0.25, 0.3) is 22.2 Å². The number of para-hydroxylation sites is 1. The minimum Gasteiger partial charge on any atom is -0.397 e. The standard InChI is InChI=1S/C23H19N3OS/c24-20-8-2-7-19-18-6-1-5-17(14-21(18)26-22(19)20)25-23(27)16-11-9-15(10-12-16)4-3-13-28/h1-2,5-14H,3-4,24H2,(H,25,27). The number of carbonyl (C=O) groups is 1.